The highest BCUT2D eigenvalue weighted by Crippen LogP contribution is 2.32. The molecule has 106 valence electrons. The van der Waals surface area contributed by atoms with Crippen LogP contribution in [0.3, 0.4) is 0 Å². The molecule has 0 aliphatic carbocycles. The zero-order valence-electron chi connectivity index (χ0n) is 11.5. The molecule has 1 aromatic carbocycles. The van der Waals surface area contributed by atoms with Crippen LogP contribution in [-0.2, 0) is 0 Å². The summed E-state index contributed by atoms with van der Waals surface area (Å²) in [5.74, 6) is 0.249. The molecule has 4 heteroatoms. The van der Waals surface area contributed by atoms with Crippen LogP contribution in [0.1, 0.15) is 37.8 Å². The van der Waals surface area contributed by atoms with Gasteiger partial charge in [-0.25, -0.2) is 4.39 Å². The molecule has 1 saturated heterocycles. The lowest BCUT2D eigenvalue weighted by molar-refractivity contribution is 0.244. The van der Waals surface area contributed by atoms with Crippen molar-refractivity contribution in [1.29, 1.82) is 0 Å². The second-order valence-corrected chi connectivity index (χ2v) is 5.43. The number of anilines is 1. The highest BCUT2D eigenvalue weighted by molar-refractivity contribution is 5.56. The van der Waals surface area contributed by atoms with Crippen LogP contribution in [0.2, 0.25) is 0 Å². The first kappa shape index (κ1) is 14.3. The predicted molar refractivity (Wildman–Crippen MR) is 75.6 cm³/mol. The van der Waals surface area contributed by atoms with E-state index in [1.54, 1.807) is 6.07 Å². The van der Waals surface area contributed by atoms with Crippen LogP contribution in [0.4, 0.5) is 10.1 Å². The van der Waals surface area contributed by atoms with Crippen molar-refractivity contribution in [1.82, 2.24) is 0 Å². The van der Waals surface area contributed by atoms with E-state index in [4.69, 9.17) is 10.8 Å². The molecule has 0 amide bonds. The Balaban J connectivity index is 2.25. The Hall–Kier alpha value is -1.13. The number of nitrogens with two attached hydrogens (primary N) is 1. The average Bonchev–Trinajstić information content (AvgIpc) is 2.39. The van der Waals surface area contributed by atoms with Gasteiger partial charge in [0.2, 0.25) is 0 Å². The molecule has 1 unspecified atom stereocenters. The topological polar surface area (TPSA) is 49.5 Å². The van der Waals surface area contributed by atoms with Gasteiger partial charge in [0.25, 0.3) is 0 Å². The SMILES string of the molecule is C[C@H](N)c1cccc(F)c1N1CCCC(CCO)C1. The van der Waals surface area contributed by atoms with Gasteiger partial charge >= 0.3 is 0 Å². The first-order chi connectivity index (χ1) is 9.13. The number of aliphatic hydroxyl groups is 1. The Morgan fingerprint density at radius 1 is 1.53 bits per heavy atom. The summed E-state index contributed by atoms with van der Waals surface area (Å²) >= 11 is 0. The van der Waals surface area contributed by atoms with E-state index in [2.05, 4.69) is 4.90 Å². The third-order valence-electron chi connectivity index (χ3n) is 3.88. The maximum Gasteiger partial charge on any atom is 0.146 e. The molecule has 1 fully saturated rings. The molecule has 0 bridgehead atoms. The number of rotatable bonds is 4. The smallest absolute Gasteiger partial charge is 0.146 e. The summed E-state index contributed by atoms with van der Waals surface area (Å²) in [6.07, 6.45) is 2.94. The number of para-hydroxylation sites is 1. The Morgan fingerprint density at radius 3 is 3.00 bits per heavy atom. The number of hydrogen-bond acceptors (Lipinski definition) is 3. The van der Waals surface area contributed by atoms with Gasteiger partial charge in [0.05, 0.1) is 5.69 Å². The number of halogens is 1. The molecule has 0 aromatic heterocycles. The van der Waals surface area contributed by atoms with E-state index >= 15 is 0 Å². The van der Waals surface area contributed by atoms with Gasteiger partial charge in [0.15, 0.2) is 0 Å². The Kier molecular flexibility index (Phi) is 4.77. The van der Waals surface area contributed by atoms with Crippen molar-refractivity contribution in [2.45, 2.75) is 32.2 Å². The number of aliphatic hydroxyl groups excluding tert-OH is 1. The van der Waals surface area contributed by atoms with E-state index in [1.165, 1.54) is 6.07 Å². The minimum atomic E-state index is -0.195. The average molecular weight is 266 g/mol. The molecular formula is C15H23FN2O. The van der Waals surface area contributed by atoms with Crippen LogP contribution in [0.15, 0.2) is 18.2 Å². The summed E-state index contributed by atoms with van der Waals surface area (Å²) in [6.45, 7) is 3.76. The van der Waals surface area contributed by atoms with E-state index in [9.17, 15) is 4.39 Å². The fraction of sp³-hybridized carbons (Fsp3) is 0.600. The molecule has 2 rings (SSSR count). The third kappa shape index (κ3) is 3.25. The van der Waals surface area contributed by atoms with Crippen molar-refractivity contribution in [3.05, 3.63) is 29.6 Å². The monoisotopic (exact) mass is 266 g/mol. The van der Waals surface area contributed by atoms with Crippen LogP contribution in [0.25, 0.3) is 0 Å². The van der Waals surface area contributed by atoms with Crippen molar-refractivity contribution >= 4 is 5.69 Å². The molecule has 19 heavy (non-hydrogen) atoms. The minimum absolute atomic E-state index is 0.177. The Bertz CT molecular complexity index is 421. The van der Waals surface area contributed by atoms with Gasteiger partial charge in [-0.2, -0.15) is 0 Å². The minimum Gasteiger partial charge on any atom is -0.396 e. The summed E-state index contributed by atoms with van der Waals surface area (Å²) in [7, 11) is 0. The summed E-state index contributed by atoms with van der Waals surface area (Å²) in [5.41, 5.74) is 7.47. The molecule has 0 radical (unpaired) electrons. The Labute approximate surface area is 114 Å². The first-order valence-corrected chi connectivity index (χ1v) is 7.03. The van der Waals surface area contributed by atoms with Gasteiger partial charge in [-0.3, -0.25) is 0 Å². The molecule has 0 saturated carbocycles. The number of nitrogens with zero attached hydrogens (tertiary/aromatic N) is 1. The van der Waals surface area contributed by atoms with Crippen molar-refractivity contribution in [3.63, 3.8) is 0 Å². The fourth-order valence-corrected chi connectivity index (χ4v) is 2.92. The van der Waals surface area contributed by atoms with Crippen molar-refractivity contribution in [2.75, 3.05) is 24.6 Å². The zero-order valence-corrected chi connectivity index (χ0v) is 11.5. The lowest BCUT2D eigenvalue weighted by Crippen LogP contribution is -2.37. The zero-order chi connectivity index (χ0) is 13.8. The van der Waals surface area contributed by atoms with E-state index in [0.29, 0.717) is 11.6 Å². The molecular weight excluding hydrogens is 243 g/mol. The van der Waals surface area contributed by atoms with Crippen LogP contribution >= 0.6 is 0 Å². The molecule has 0 spiro atoms. The second kappa shape index (κ2) is 6.35. The normalized spacial score (nSPS) is 21.5. The van der Waals surface area contributed by atoms with Gasteiger partial charge < -0.3 is 15.7 Å². The molecule has 3 nitrogen and oxygen atoms in total. The maximum atomic E-state index is 14.2. The highest BCUT2D eigenvalue weighted by atomic mass is 19.1. The first-order valence-electron chi connectivity index (χ1n) is 7.03. The van der Waals surface area contributed by atoms with Gasteiger partial charge in [-0.05, 0) is 43.7 Å². The van der Waals surface area contributed by atoms with Crippen molar-refractivity contribution < 1.29 is 9.50 Å². The Morgan fingerprint density at radius 2 is 2.32 bits per heavy atom. The number of piperidine rings is 1. The van der Waals surface area contributed by atoms with E-state index in [-0.39, 0.29) is 18.5 Å². The highest BCUT2D eigenvalue weighted by Gasteiger charge is 2.24. The summed E-state index contributed by atoms with van der Waals surface area (Å²) < 4.78 is 14.2. The van der Waals surface area contributed by atoms with Crippen LogP contribution in [0.5, 0.6) is 0 Å². The van der Waals surface area contributed by atoms with E-state index in [0.717, 1.165) is 37.9 Å². The fourth-order valence-electron chi connectivity index (χ4n) is 2.92. The lowest BCUT2D eigenvalue weighted by atomic mass is 9.93. The summed E-state index contributed by atoms with van der Waals surface area (Å²) in [6, 6.07) is 4.94. The maximum absolute atomic E-state index is 14.2. The molecule has 1 aliphatic rings. The summed E-state index contributed by atoms with van der Waals surface area (Å²) in [4.78, 5) is 2.10. The standard InChI is InChI=1S/C15H23FN2O/c1-11(17)13-5-2-6-14(16)15(13)18-8-3-4-12(10-18)7-9-19/h2,5-6,11-12,19H,3-4,7-10,17H2,1H3/t11-,12?/m0/s1. The lowest BCUT2D eigenvalue weighted by Gasteiger charge is -2.36. The van der Waals surface area contributed by atoms with Crippen LogP contribution in [-0.4, -0.2) is 24.8 Å². The van der Waals surface area contributed by atoms with Crippen molar-refractivity contribution in [2.24, 2.45) is 11.7 Å². The van der Waals surface area contributed by atoms with Gasteiger partial charge in [0.1, 0.15) is 5.82 Å². The van der Waals surface area contributed by atoms with E-state index in [1.807, 2.05) is 13.0 Å². The number of hydrogen-bond donors (Lipinski definition) is 2. The van der Waals surface area contributed by atoms with Gasteiger partial charge in [-0.1, -0.05) is 12.1 Å². The molecule has 1 heterocycles. The molecule has 1 aromatic rings. The third-order valence-corrected chi connectivity index (χ3v) is 3.88. The van der Waals surface area contributed by atoms with Crippen LogP contribution < -0.4 is 10.6 Å². The van der Waals surface area contributed by atoms with E-state index < -0.39 is 0 Å². The largest absolute Gasteiger partial charge is 0.396 e. The quantitative estimate of drug-likeness (QED) is 0.880. The molecule has 1 aliphatic heterocycles. The number of benzene rings is 1. The molecule has 2 atom stereocenters. The van der Waals surface area contributed by atoms with Gasteiger partial charge in [-0.15, -0.1) is 0 Å². The summed E-state index contributed by atoms with van der Waals surface area (Å²) in [5, 5.41) is 9.06. The van der Waals surface area contributed by atoms with Crippen molar-refractivity contribution in [3.8, 4) is 0 Å². The second-order valence-electron chi connectivity index (χ2n) is 5.43. The molecule has 3 N–H and O–H groups in total. The van der Waals surface area contributed by atoms with Gasteiger partial charge in [0, 0.05) is 25.7 Å². The van der Waals surface area contributed by atoms with Crippen LogP contribution in [0, 0.1) is 11.7 Å². The predicted octanol–water partition coefficient (Wildman–Crippen LogP) is 2.44.